The molecule has 1 atom stereocenters. The Kier molecular flexibility index (Phi) is 3.55. The molecule has 3 heteroatoms. The summed E-state index contributed by atoms with van der Waals surface area (Å²) in [5, 5.41) is 5.69. The van der Waals surface area contributed by atoms with Crippen molar-refractivity contribution in [3.8, 4) is 0 Å². The third-order valence-corrected chi connectivity index (χ3v) is 4.24. The van der Waals surface area contributed by atoms with Crippen molar-refractivity contribution < 1.29 is 0 Å². The van der Waals surface area contributed by atoms with Crippen molar-refractivity contribution in [2.45, 2.75) is 32.6 Å². The molecule has 2 aromatic rings. The Morgan fingerprint density at radius 1 is 1.37 bits per heavy atom. The van der Waals surface area contributed by atoms with Crippen molar-refractivity contribution in [2.75, 3.05) is 13.1 Å². The highest BCUT2D eigenvalue weighted by molar-refractivity contribution is 6.31. The van der Waals surface area contributed by atoms with Crippen molar-refractivity contribution in [1.29, 1.82) is 0 Å². The Hall–Kier alpha value is -0.990. The third-order valence-electron chi connectivity index (χ3n) is 4.01. The van der Waals surface area contributed by atoms with E-state index < -0.39 is 0 Å². The van der Waals surface area contributed by atoms with Crippen LogP contribution in [0.3, 0.4) is 0 Å². The molecule has 0 bridgehead atoms. The van der Waals surface area contributed by atoms with Crippen LogP contribution < -0.4 is 5.32 Å². The highest BCUT2D eigenvalue weighted by atomic mass is 35.5. The number of aromatic nitrogens is 1. The van der Waals surface area contributed by atoms with Gasteiger partial charge in [0.05, 0.1) is 0 Å². The van der Waals surface area contributed by atoms with Gasteiger partial charge in [0.15, 0.2) is 0 Å². The first-order valence-corrected chi connectivity index (χ1v) is 7.53. The van der Waals surface area contributed by atoms with Crippen LogP contribution in [0.4, 0.5) is 0 Å². The van der Waals surface area contributed by atoms with Crippen LogP contribution in [0.2, 0.25) is 5.02 Å². The topological polar surface area (TPSA) is 27.8 Å². The number of halogens is 1. The molecule has 0 amide bonds. The van der Waals surface area contributed by atoms with Crippen molar-refractivity contribution in [3.05, 3.63) is 34.5 Å². The summed E-state index contributed by atoms with van der Waals surface area (Å²) in [7, 11) is 0. The molecule has 1 aliphatic rings. The lowest BCUT2D eigenvalue weighted by atomic mass is 9.92. The number of fused-ring (bicyclic) bond motifs is 3. The van der Waals surface area contributed by atoms with E-state index in [9.17, 15) is 0 Å². The first kappa shape index (κ1) is 13.0. The zero-order chi connectivity index (χ0) is 13.4. The van der Waals surface area contributed by atoms with E-state index in [4.69, 9.17) is 11.6 Å². The minimum Gasteiger partial charge on any atom is -0.358 e. The van der Waals surface area contributed by atoms with E-state index >= 15 is 0 Å². The number of nitrogens with one attached hydrogen (secondary N) is 2. The average Bonchev–Trinajstić information content (AvgIpc) is 2.59. The summed E-state index contributed by atoms with van der Waals surface area (Å²) < 4.78 is 0. The van der Waals surface area contributed by atoms with E-state index in [-0.39, 0.29) is 0 Å². The molecule has 2 N–H and O–H groups in total. The number of rotatable bonds is 2. The van der Waals surface area contributed by atoms with Gasteiger partial charge in [-0.05, 0) is 49.1 Å². The quantitative estimate of drug-likeness (QED) is 0.849. The van der Waals surface area contributed by atoms with Gasteiger partial charge < -0.3 is 10.3 Å². The SMILES string of the molecule is CC(C)C[C@H]1CNCCc2c1[nH]c1ccc(Cl)cc21. The van der Waals surface area contributed by atoms with Gasteiger partial charge in [-0.2, -0.15) is 0 Å². The zero-order valence-corrected chi connectivity index (χ0v) is 12.3. The molecule has 3 rings (SSSR count). The fourth-order valence-electron chi connectivity index (χ4n) is 3.22. The van der Waals surface area contributed by atoms with Crippen LogP contribution in [0.15, 0.2) is 18.2 Å². The predicted molar refractivity (Wildman–Crippen MR) is 82.1 cm³/mol. The predicted octanol–water partition coefficient (Wildman–Crippen LogP) is 4.10. The second kappa shape index (κ2) is 5.18. The molecule has 102 valence electrons. The normalized spacial score (nSPS) is 19.7. The number of hydrogen-bond donors (Lipinski definition) is 2. The second-order valence-corrected chi connectivity index (χ2v) is 6.42. The molecule has 0 fully saturated rings. The summed E-state index contributed by atoms with van der Waals surface area (Å²) in [6, 6.07) is 6.17. The van der Waals surface area contributed by atoms with Gasteiger partial charge in [0, 0.05) is 34.1 Å². The van der Waals surface area contributed by atoms with Gasteiger partial charge in [0.2, 0.25) is 0 Å². The molecule has 0 aliphatic carbocycles. The minimum atomic E-state index is 0.587. The van der Waals surface area contributed by atoms with E-state index in [1.165, 1.54) is 28.6 Å². The molecule has 0 saturated heterocycles. The van der Waals surface area contributed by atoms with Gasteiger partial charge in [-0.3, -0.25) is 0 Å². The Bertz CT molecular complexity index is 586. The molecular weight excluding hydrogens is 256 g/mol. The van der Waals surface area contributed by atoms with Crippen LogP contribution in [-0.2, 0) is 6.42 Å². The monoisotopic (exact) mass is 276 g/mol. The second-order valence-electron chi connectivity index (χ2n) is 5.99. The Morgan fingerprint density at radius 3 is 3.00 bits per heavy atom. The Labute approximate surface area is 119 Å². The summed E-state index contributed by atoms with van der Waals surface area (Å²) in [6.07, 6.45) is 2.31. The van der Waals surface area contributed by atoms with Crippen LogP contribution in [-0.4, -0.2) is 18.1 Å². The third kappa shape index (κ3) is 2.52. The maximum absolute atomic E-state index is 6.15. The molecular formula is C16H21ClN2. The van der Waals surface area contributed by atoms with Crippen LogP contribution in [0, 0.1) is 5.92 Å². The maximum atomic E-state index is 6.15. The highest BCUT2D eigenvalue weighted by Gasteiger charge is 2.23. The molecule has 19 heavy (non-hydrogen) atoms. The van der Waals surface area contributed by atoms with Crippen molar-refractivity contribution >= 4 is 22.5 Å². The van der Waals surface area contributed by atoms with E-state index in [1.807, 2.05) is 6.07 Å². The molecule has 2 heterocycles. The molecule has 1 aromatic carbocycles. The number of aromatic amines is 1. The Balaban J connectivity index is 2.10. The van der Waals surface area contributed by atoms with E-state index in [1.54, 1.807) is 0 Å². The van der Waals surface area contributed by atoms with Crippen molar-refractivity contribution in [3.63, 3.8) is 0 Å². The van der Waals surface area contributed by atoms with Crippen LogP contribution in [0.5, 0.6) is 0 Å². The van der Waals surface area contributed by atoms with Crippen molar-refractivity contribution in [2.24, 2.45) is 5.92 Å². The number of H-pyrrole nitrogens is 1. The number of hydrogen-bond acceptors (Lipinski definition) is 1. The Morgan fingerprint density at radius 2 is 2.21 bits per heavy atom. The van der Waals surface area contributed by atoms with Gasteiger partial charge in [-0.25, -0.2) is 0 Å². The minimum absolute atomic E-state index is 0.587. The van der Waals surface area contributed by atoms with E-state index in [0.29, 0.717) is 11.8 Å². The highest BCUT2D eigenvalue weighted by Crippen LogP contribution is 2.33. The molecule has 0 radical (unpaired) electrons. The molecule has 0 unspecified atom stereocenters. The summed E-state index contributed by atoms with van der Waals surface area (Å²) in [6.45, 7) is 6.72. The maximum Gasteiger partial charge on any atom is 0.0460 e. The summed E-state index contributed by atoms with van der Waals surface area (Å²) >= 11 is 6.15. The molecule has 0 spiro atoms. The molecule has 0 saturated carbocycles. The van der Waals surface area contributed by atoms with E-state index in [0.717, 1.165) is 24.5 Å². The summed E-state index contributed by atoms with van der Waals surface area (Å²) in [4.78, 5) is 3.64. The first-order chi connectivity index (χ1) is 9.15. The first-order valence-electron chi connectivity index (χ1n) is 7.16. The standard InChI is InChI=1S/C16H21ClN2/c1-10(2)7-11-9-18-6-5-13-14-8-12(17)3-4-15(14)19-16(11)13/h3-4,8,10-11,18-19H,5-7,9H2,1-2H3/t11-/m0/s1. The van der Waals surface area contributed by atoms with Crippen LogP contribution in [0.25, 0.3) is 10.9 Å². The lowest BCUT2D eigenvalue weighted by molar-refractivity contribution is 0.475. The van der Waals surface area contributed by atoms with Gasteiger partial charge >= 0.3 is 0 Å². The zero-order valence-electron chi connectivity index (χ0n) is 11.6. The average molecular weight is 277 g/mol. The smallest absolute Gasteiger partial charge is 0.0460 e. The lowest BCUT2D eigenvalue weighted by Crippen LogP contribution is -2.21. The molecule has 1 aromatic heterocycles. The van der Waals surface area contributed by atoms with Gasteiger partial charge in [0.1, 0.15) is 0 Å². The fraction of sp³-hybridized carbons (Fsp3) is 0.500. The lowest BCUT2D eigenvalue weighted by Gasteiger charge is -2.17. The molecule has 1 aliphatic heterocycles. The van der Waals surface area contributed by atoms with Gasteiger partial charge in [0.25, 0.3) is 0 Å². The van der Waals surface area contributed by atoms with Gasteiger partial charge in [-0.15, -0.1) is 0 Å². The largest absolute Gasteiger partial charge is 0.358 e. The fourth-order valence-corrected chi connectivity index (χ4v) is 3.39. The van der Waals surface area contributed by atoms with Crippen LogP contribution >= 0.6 is 11.6 Å². The van der Waals surface area contributed by atoms with Crippen molar-refractivity contribution in [1.82, 2.24) is 10.3 Å². The van der Waals surface area contributed by atoms with Crippen LogP contribution in [0.1, 0.15) is 37.4 Å². The van der Waals surface area contributed by atoms with Gasteiger partial charge in [-0.1, -0.05) is 25.4 Å². The molecule has 2 nitrogen and oxygen atoms in total. The summed E-state index contributed by atoms with van der Waals surface area (Å²) in [5.41, 5.74) is 4.12. The summed E-state index contributed by atoms with van der Waals surface area (Å²) in [5.74, 6) is 1.30. The number of benzene rings is 1. The van der Waals surface area contributed by atoms with E-state index in [2.05, 4.69) is 36.3 Å².